The number of carbonyl (C=O) groups is 2. The zero-order chi connectivity index (χ0) is 22.0. The molecule has 1 saturated carbocycles. The molecule has 0 spiro atoms. The van der Waals surface area contributed by atoms with Crippen LogP contribution in [0.2, 0.25) is 5.02 Å². The third kappa shape index (κ3) is 4.99. The Kier molecular flexibility index (Phi) is 6.73. The second-order valence-electron chi connectivity index (χ2n) is 8.68. The number of nitrogens with zero attached hydrogens (tertiary/aromatic N) is 1. The van der Waals surface area contributed by atoms with Gasteiger partial charge in [0.25, 0.3) is 0 Å². The molecule has 31 heavy (non-hydrogen) atoms. The lowest BCUT2D eigenvalue weighted by molar-refractivity contribution is -0.128. The van der Waals surface area contributed by atoms with Crippen molar-refractivity contribution in [1.82, 2.24) is 0 Å². The number of piperidine rings is 1. The molecule has 2 aromatic rings. The number of halogens is 2. The second kappa shape index (κ2) is 9.49. The Balaban J connectivity index is 1.40. The maximum atomic E-state index is 14.0. The van der Waals surface area contributed by atoms with Crippen molar-refractivity contribution in [2.24, 2.45) is 5.92 Å². The number of ketones is 1. The van der Waals surface area contributed by atoms with Gasteiger partial charge in [0.15, 0.2) is 0 Å². The summed E-state index contributed by atoms with van der Waals surface area (Å²) in [5.41, 5.74) is 2.23. The Morgan fingerprint density at radius 1 is 1.10 bits per heavy atom. The van der Waals surface area contributed by atoms with E-state index < -0.39 is 5.82 Å². The van der Waals surface area contributed by atoms with Gasteiger partial charge in [-0.3, -0.25) is 9.59 Å². The van der Waals surface area contributed by atoms with Gasteiger partial charge in [0.2, 0.25) is 5.91 Å². The van der Waals surface area contributed by atoms with Crippen molar-refractivity contribution >= 4 is 29.0 Å². The molecule has 2 aliphatic rings. The second-order valence-corrected chi connectivity index (χ2v) is 9.12. The summed E-state index contributed by atoms with van der Waals surface area (Å²) >= 11 is 5.77. The standard InChI is InChI=1S/C25H27ClFNO3/c26-19-9-6-17(23(27)15-19)13-21(29)14-18-3-2-12-28(25(18)31)20-10-7-16(8-11-20)22-4-1-5-24(22)30/h6-11,15,18,22,24,30H,1-5,12-14H2/t18-,22?,24?/m0/s1. The summed E-state index contributed by atoms with van der Waals surface area (Å²) in [5, 5.41) is 10.4. The lowest BCUT2D eigenvalue weighted by atomic mass is 9.89. The largest absolute Gasteiger partial charge is 0.392 e. The molecular formula is C25H27ClFNO3. The number of hydrogen-bond donors (Lipinski definition) is 1. The van der Waals surface area contributed by atoms with Gasteiger partial charge < -0.3 is 10.0 Å². The van der Waals surface area contributed by atoms with Crippen LogP contribution in [0.4, 0.5) is 10.1 Å². The predicted octanol–water partition coefficient (Wildman–Crippen LogP) is 5.05. The Morgan fingerprint density at radius 2 is 1.87 bits per heavy atom. The first kappa shape index (κ1) is 22.0. The van der Waals surface area contributed by atoms with Gasteiger partial charge in [0.05, 0.1) is 6.10 Å². The highest BCUT2D eigenvalue weighted by Gasteiger charge is 2.32. The van der Waals surface area contributed by atoms with Gasteiger partial charge in [-0.15, -0.1) is 0 Å². The summed E-state index contributed by atoms with van der Waals surface area (Å²) in [6, 6.07) is 12.2. The van der Waals surface area contributed by atoms with Crippen LogP contribution in [0.25, 0.3) is 0 Å². The van der Waals surface area contributed by atoms with Crippen LogP contribution in [0, 0.1) is 11.7 Å². The normalized spacial score (nSPS) is 23.9. The third-order valence-corrected chi connectivity index (χ3v) is 6.77. The predicted molar refractivity (Wildman–Crippen MR) is 119 cm³/mol. The third-order valence-electron chi connectivity index (χ3n) is 6.54. The molecule has 2 fully saturated rings. The minimum atomic E-state index is -0.495. The minimum Gasteiger partial charge on any atom is -0.392 e. The molecule has 4 nitrogen and oxygen atoms in total. The summed E-state index contributed by atoms with van der Waals surface area (Å²) in [5.74, 6) is -0.903. The summed E-state index contributed by atoms with van der Waals surface area (Å²) in [7, 11) is 0. The first-order valence-electron chi connectivity index (χ1n) is 11.0. The minimum absolute atomic E-state index is 0.0365. The summed E-state index contributed by atoms with van der Waals surface area (Å²) in [6.45, 7) is 0.626. The number of carbonyl (C=O) groups excluding carboxylic acids is 2. The summed E-state index contributed by atoms with van der Waals surface area (Å²) in [6.07, 6.45) is 4.14. The molecule has 0 radical (unpaired) electrons. The molecule has 1 saturated heterocycles. The number of aliphatic hydroxyl groups is 1. The smallest absolute Gasteiger partial charge is 0.230 e. The fourth-order valence-corrected chi connectivity index (χ4v) is 5.01. The van der Waals surface area contributed by atoms with Crippen LogP contribution < -0.4 is 4.90 Å². The fourth-order valence-electron chi connectivity index (χ4n) is 4.85. The van der Waals surface area contributed by atoms with Crippen molar-refractivity contribution < 1.29 is 19.1 Å². The molecule has 2 aromatic carbocycles. The van der Waals surface area contributed by atoms with E-state index in [0.29, 0.717) is 23.6 Å². The van der Waals surface area contributed by atoms with E-state index in [1.165, 1.54) is 12.1 Å². The van der Waals surface area contributed by atoms with Crippen LogP contribution >= 0.6 is 11.6 Å². The van der Waals surface area contributed by atoms with E-state index in [4.69, 9.17) is 11.6 Å². The van der Waals surface area contributed by atoms with Crippen molar-refractivity contribution in [3.8, 4) is 0 Å². The first-order valence-corrected chi connectivity index (χ1v) is 11.3. The molecular weight excluding hydrogens is 417 g/mol. The van der Waals surface area contributed by atoms with Gasteiger partial charge in [-0.05, 0) is 61.1 Å². The topological polar surface area (TPSA) is 57.6 Å². The van der Waals surface area contributed by atoms with Gasteiger partial charge >= 0.3 is 0 Å². The number of Topliss-reactive ketones (excluding diaryl/α,β-unsaturated/α-hetero) is 1. The molecule has 1 aliphatic heterocycles. The van der Waals surface area contributed by atoms with Crippen LogP contribution in [-0.4, -0.2) is 29.4 Å². The van der Waals surface area contributed by atoms with Crippen LogP contribution in [0.1, 0.15) is 55.6 Å². The average Bonchev–Trinajstić information content (AvgIpc) is 3.18. The molecule has 6 heteroatoms. The van der Waals surface area contributed by atoms with Crippen molar-refractivity contribution in [2.45, 2.75) is 57.0 Å². The molecule has 0 bridgehead atoms. The highest BCUT2D eigenvalue weighted by Crippen LogP contribution is 2.36. The van der Waals surface area contributed by atoms with E-state index in [1.54, 1.807) is 11.0 Å². The number of benzene rings is 2. The zero-order valence-corrected chi connectivity index (χ0v) is 18.2. The van der Waals surface area contributed by atoms with E-state index in [0.717, 1.165) is 36.9 Å². The summed E-state index contributed by atoms with van der Waals surface area (Å²) in [4.78, 5) is 27.3. The average molecular weight is 444 g/mol. The quantitative estimate of drug-likeness (QED) is 0.679. The van der Waals surface area contributed by atoms with E-state index in [-0.39, 0.29) is 42.5 Å². The SMILES string of the molecule is O=C(Cc1ccc(Cl)cc1F)C[C@@H]1CCCN(c2ccc(C3CCCC3O)cc2)C1=O. The molecule has 0 aromatic heterocycles. The van der Waals surface area contributed by atoms with Crippen molar-refractivity contribution in [2.75, 3.05) is 11.4 Å². The lowest BCUT2D eigenvalue weighted by Crippen LogP contribution is -2.42. The van der Waals surface area contributed by atoms with Gasteiger partial charge in [-0.1, -0.05) is 36.2 Å². The van der Waals surface area contributed by atoms with E-state index in [9.17, 15) is 19.1 Å². The summed E-state index contributed by atoms with van der Waals surface area (Å²) < 4.78 is 14.0. The van der Waals surface area contributed by atoms with Gasteiger partial charge in [-0.25, -0.2) is 4.39 Å². The van der Waals surface area contributed by atoms with Gasteiger partial charge in [0, 0.05) is 41.9 Å². The molecule has 4 rings (SSSR count). The molecule has 164 valence electrons. The van der Waals surface area contributed by atoms with Crippen LogP contribution in [-0.2, 0) is 16.0 Å². The number of aliphatic hydroxyl groups excluding tert-OH is 1. The van der Waals surface area contributed by atoms with Crippen LogP contribution in [0.15, 0.2) is 42.5 Å². The van der Waals surface area contributed by atoms with E-state index in [1.807, 2.05) is 24.3 Å². The number of rotatable bonds is 6. The molecule has 1 aliphatic carbocycles. The Morgan fingerprint density at radius 3 is 2.55 bits per heavy atom. The maximum Gasteiger partial charge on any atom is 0.230 e. The van der Waals surface area contributed by atoms with E-state index in [2.05, 4.69) is 0 Å². The van der Waals surface area contributed by atoms with E-state index >= 15 is 0 Å². The molecule has 3 atom stereocenters. The molecule has 1 N–H and O–H groups in total. The Labute approximate surface area is 187 Å². The monoisotopic (exact) mass is 443 g/mol. The Hall–Kier alpha value is -2.24. The van der Waals surface area contributed by atoms with Crippen molar-refractivity contribution in [3.05, 3.63) is 64.4 Å². The number of hydrogen-bond acceptors (Lipinski definition) is 3. The lowest BCUT2D eigenvalue weighted by Gasteiger charge is -2.32. The highest BCUT2D eigenvalue weighted by atomic mass is 35.5. The van der Waals surface area contributed by atoms with Crippen LogP contribution in [0.5, 0.6) is 0 Å². The molecule has 1 heterocycles. The zero-order valence-electron chi connectivity index (χ0n) is 17.4. The van der Waals surface area contributed by atoms with Gasteiger partial charge in [0.1, 0.15) is 11.6 Å². The fraction of sp³-hybridized carbons (Fsp3) is 0.440. The molecule has 1 amide bonds. The van der Waals surface area contributed by atoms with Crippen LogP contribution in [0.3, 0.4) is 0 Å². The first-order chi connectivity index (χ1) is 14.9. The number of amides is 1. The Bertz CT molecular complexity index is 962. The van der Waals surface area contributed by atoms with Gasteiger partial charge in [-0.2, -0.15) is 0 Å². The maximum absolute atomic E-state index is 14.0. The van der Waals surface area contributed by atoms with Crippen molar-refractivity contribution in [3.63, 3.8) is 0 Å². The highest BCUT2D eigenvalue weighted by molar-refractivity contribution is 6.30. The molecule has 2 unspecified atom stereocenters. The number of anilines is 1. The van der Waals surface area contributed by atoms with Crippen molar-refractivity contribution in [1.29, 1.82) is 0 Å².